The number of ether oxygens (including phenoxy) is 3. The average Bonchev–Trinajstić information content (AvgIpc) is 2.79. The molecule has 5 nitrogen and oxygen atoms in total. The summed E-state index contributed by atoms with van der Waals surface area (Å²) in [5.41, 5.74) is 1.97. The number of aryl methyl sites for hydroxylation is 2. The fourth-order valence-electron chi connectivity index (χ4n) is 2.02. The molecule has 0 aliphatic carbocycles. The van der Waals surface area contributed by atoms with Crippen molar-refractivity contribution < 1.29 is 14.2 Å². The van der Waals surface area contributed by atoms with Crippen LogP contribution in [0.2, 0.25) is 0 Å². The van der Waals surface area contributed by atoms with Crippen LogP contribution in [0.15, 0.2) is 22.7 Å². The van der Waals surface area contributed by atoms with E-state index in [4.69, 9.17) is 14.2 Å². The lowest BCUT2D eigenvalue weighted by Gasteiger charge is -2.11. The van der Waals surface area contributed by atoms with Gasteiger partial charge in [-0.25, -0.2) is 0 Å². The average molecular weight is 355 g/mol. The lowest BCUT2D eigenvalue weighted by Crippen LogP contribution is -2.06. The maximum absolute atomic E-state index is 5.86. The molecule has 0 N–H and O–H groups in total. The van der Waals surface area contributed by atoms with E-state index in [-0.39, 0.29) is 0 Å². The van der Waals surface area contributed by atoms with Crippen LogP contribution < -0.4 is 14.2 Å². The quantitative estimate of drug-likeness (QED) is 0.795. The molecule has 0 fully saturated rings. The van der Waals surface area contributed by atoms with E-state index in [1.54, 1.807) is 14.2 Å². The molecule has 6 heteroatoms. The van der Waals surface area contributed by atoms with Crippen molar-refractivity contribution in [2.24, 2.45) is 0 Å². The largest absolute Gasteiger partial charge is 0.496 e. The molecule has 2 aromatic rings. The van der Waals surface area contributed by atoms with Crippen LogP contribution in [0.4, 0.5) is 0 Å². The molecule has 1 heterocycles. The molecule has 0 aliphatic heterocycles. The Balaban J connectivity index is 2.20. The van der Waals surface area contributed by atoms with Gasteiger partial charge in [0.15, 0.2) is 0 Å². The summed E-state index contributed by atoms with van der Waals surface area (Å²) in [6.45, 7) is 5.24. The Kier molecular flexibility index (Phi) is 5.12. The van der Waals surface area contributed by atoms with Gasteiger partial charge in [0.25, 0.3) is 0 Å². The summed E-state index contributed by atoms with van der Waals surface area (Å²) in [4.78, 5) is 0. The summed E-state index contributed by atoms with van der Waals surface area (Å²) in [7, 11) is 3.23. The first-order valence-corrected chi connectivity index (χ1v) is 7.46. The summed E-state index contributed by atoms with van der Waals surface area (Å²) in [5, 5.41) is 4.45. The maximum Gasteiger partial charge on any atom is 0.131 e. The van der Waals surface area contributed by atoms with Crippen molar-refractivity contribution in [1.82, 2.24) is 9.78 Å². The van der Waals surface area contributed by atoms with Crippen molar-refractivity contribution in [2.75, 3.05) is 14.2 Å². The Hall–Kier alpha value is -1.69. The highest BCUT2D eigenvalue weighted by Crippen LogP contribution is 2.29. The van der Waals surface area contributed by atoms with E-state index < -0.39 is 0 Å². The summed E-state index contributed by atoms with van der Waals surface area (Å²) < 4.78 is 19.2. The number of hydrogen-bond donors (Lipinski definition) is 0. The molecule has 1 aromatic carbocycles. The number of rotatable bonds is 6. The Bertz CT molecular complexity index is 603. The zero-order chi connectivity index (χ0) is 15.4. The van der Waals surface area contributed by atoms with Crippen LogP contribution in [0.1, 0.15) is 18.3 Å². The molecule has 0 aliphatic rings. The molecular weight excluding hydrogens is 336 g/mol. The Morgan fingerprint density at radius 2 is 1.67 bits per heavy atom. The van der Waals surface area contributed by atoms with Gasteiger partial charge in [0, 0.05) is 24.7 Å². The summed E-state index contributed by atoms with van der Waals surface area (Å²) >= 11 is 3.56. The van der Waals surface area contributed by atoms with Crippen LogP contribution >= 0.6 is 15.9 Å². The predicted octanol–water partition coefficient (Wildman–Crippen LogP) is 3.57. The minimum absolute atomic E-state index is 0.422. The van der Waals surface area contributed by atoms with Crippen molar-refractivity contribution in [3.8, 4) is 17.2 Å². The maximum atomic E-state index is 5.86. The highest BCUT2D eigenvalue weighted by Gasteiger charge is 2.13. The van der Waals surface area contributed by atoms with Crippen LogP contribution in [-0.2, 0) is 13.2 Å². The molecule has 0 spiro atoms. The summed E-state index contributed by atoms with van der Waals surface area (Å²) in [6, 6.07) is 5.47. The van der Waals surface area contributed by atoms with Gasteiger partial charge in [-0.05, 0) is 29.8 Å². The molecule has 0 atom stereocenters. The number of hydrogen-bond acceptors (Lipinski definition) is 4. The second kappa shape index (κ2) is 6.85. The second-order valence-electron chi connectivity index (χ2n) is 4.50. The van der Waals surface area contributed by atoms with Crippen molar-refractivity contribution >= 4 is 15.9 Å². The highest BCUT2D eigenvalue weighted by atomic mass is 79.9. The first kappa shape index (κ1) is 15.7. The van der Waals surface area contributed by atoms with Gasteiger partial charge < -0.3 is 14.2 Å². The number of halogens is 1. The van der Waals surface area contributed by atoms with E-state index in [1.165, 1.54) is 0 Å². The van der Waals surface area contributed by atoms with E-state index in [0.717, 1.165) is 22.4 Å². The summed E-state index contributed by atoms with van der Waals surface area (Å²) in [6.07, 6.45) is 0. The van der Waals surface area contributed by atoms with Gasteiger partial charge in [-0.3, -0.25) is 4.68 Å². The third kappa shape index (κ3) is 3.50. The minimum atomic E-state index is 0.422. The number of aromatic nitrogens is 2. The summed E-state index contributed by atoms with van der Waals surface area (Å²) in [5.74, 6) is 2.09. The Morgan fingerprint density at radius 1 is 1.10 bits per heavy atom. The molecule has 21 heavy (non-hydrogen) atoms. The van der Waals surface area contributed by atoms with Gasteiger partial charge in [0.2, 0.25) is 0 Å². The van der Waals surface area contributed by atoms with Crippen molar-refractivity contribution in [2.45, 2.75) is 27.0 Å². The number of benzene rings is 1. The van der Waals surface area contributed by atoms with Gasteiger partial charge in [-0.15, -0.1) is 0 Å². The van der Waals surface area contributed by atoms with Crippen molar-refractivity contribution in [3.05, 3.63) is 34.1 Å². The second-order valence-corrected chi connectivity index (χ2v) is 5.29. The third-order valence-electron chi connectivity index (χ3n) is 3.15. The van der Waals surface area contributed by atoms with Crippen LogP contribution in [0.25, 0.3) is 0 Å². The van der Waals surface area contributed by atoms with Crippen molar-refractivity contribution in [3.63, 3.8) is 0 Å². The van der Waals surface area contributed by atoms with E-state index in [0.29, 0.717) is 23.9 Å². The van der Waals surface area contributed by atoms with E-state index in [2.05, 4.69) is 28.0 Å². The molecule has 0 saturated heterocycles. The van der Waals surface area contributed by atoms with Crippen LogP contribution in [0, 0.1) is 6.92 Å². The third-order valence-corrected chi connectivity index (χ3v) is 4.18. The monoisotopic (exact) mass is 354 g/mol. The number of nitrogens with zero attached hydrogens (tertiary/aromatic N) is 2. The lowest BCUT2D eigenvalue weighted by molar-refractivity contribution is 0.287. The first-order valence-electron chi connectivity index (χ1n) is 6.66. The van der Waals surface area contributed by atoms with Gasteiger partial charge in [0.1, 0.15) is 23.9 Å². The smallest absolute Gasteiger partial charge is 0.131 e. The molecule has 0 saturated carbocycles. The van der Waals surface area contributed by atoms with E-state index in [9.17, 15) is 0 Å². The van der Waals surface area contributed by atoms with Gasteiger partial charge >= 0.3 is 0 Å². The van der Waals surface area contributed by atoms with Gasteiger partial charge in [0.05, 0.1) is 30.1 Å². The molecule has 114 valence electrons. The standard InChI is InChI=1S/C15H19BrN2O3/c1-5-18-14(15(16)10(2)17-18)9-21-13-7-11(19-3)6-12(8-13)20-4/h6-8H,5,9H2,1-4H3. The molecule has 1 aromatic heterocycles. The zero-order valence-corrected chi connectivity index (χ0v) is 14.2. The van der Waals surface area contributed by atoms with Crippen LogP contribution in [0.5, 0.6) is 17.2 Å². The number of methoxy groups -OCH3 is 2. The molecule has 2 rings (SSSR count). The Morgan fingerprint density at radius 3 is 2.19 bits per heavy atom. The highest BCUT2D eigenvalue weighted by molar-refractivity contribution is 9.10. The predicted molar refractivity (Wildman–Crippen MR) is 84.2 cm³/mol. The molecule has 0 unspecified atom stereocenters. The lowest BCUT2D eigenvalue weighted by atomic mass is 10.3. The normalized spacial score (nSPS) is 10.5. The fraction of sp³-hybridized carbons (Fsp3) is 0.400. The van der Waals surface area contributed by atoms with Gasteiger partial charge in [-0.2, -0.15) is 5.10 Å². The first-order chi connectivity index (χ1) is 10.1. The van der Waals surface area contributed by atoms with E-state index >= 15 is 0 Å². The van der Waals surface area contributed by atoms with Crippen LogP contribution in [0.3, 0.4) is 0 Å². The molecule has 0 amide bonds. The topological polar surface area (TPSA) is 45.5 Å². The molecular formula is C15H19BrN2O3. The van der Waals surface area contributed by atoms with Crippen molar-refractivity contribution in [1.29, 1.82) is 0 Å². The molecule has 0 radical (unpaired) electrons. The fourth-order valence-corrected chi connectivity index (χ4v) is 2.42. The minimum Gasteiger partial charge on any atom is -0.496 e. The zero-order valence-electron chi connectivity index (χ0n) is 12.6. The van der Waals surface area contributed by atoms with E-state index in [1.807, 2.05) is 29.8 Å². The van der Waals surface area contributed by atoms with Crippen LogP contribution in [-0.4, -0.2) is 24.0 Å². The van der Waals surface area contributed by atoms with Gasteiger partial charge in [-0.1, -0.05) is 0 Å². The molecule has 0 bridgehead atoms. The SMILES string of the molecule is CCn1nc(C)c(Br)c1COc1cc(OC)cc(OC)c1. The Labute approximate surface area is 132 Å².